The molecular formula is C23H16O2. The van der Waals surface area contributed by atoms with Gasteiger partial charge in [0.05, 0.1) is 0 Å². The third-order valence-corrected chi connectivity index (χ3v) is 4.61. The van der Waals surface area contributed by atoms with Crippen LogP contribution in [0.15, 0.2) is 89.3 Å². The minimum atomic E-state index is 0.521. The van der Waals surface area contributed by atoms with E-state index in [2.05, 4.69) is 30.3 Å². The number of rotatable bonds is 2. The Morgan fingerprint density at radius 3 is 1.92 bits per heavy atom. The van der Waals surface area contributed by atoms with Gasteiger partial charge in [-0.25, -0.2) is 0 Å². The van der Waals surface area contributed by atoms with Gasteiger partial charge in [-0.3, -0.25) is 0 Å². The zero-order valence-electron chi connectivity index (χ0n) is 13.6. The molecule has 0 saturated heterocycles. The molecule has 0 saturated carbocycles. The van der Waals surface area contributed by atoms with Gasteiger partial charge in [-0.1, -0.05) is 78.9 Å². The fourth-order valence-corrected chi connectivity index (χ4v) is 3.45. The normalized spacial score (nSPS) is 12.2. The van der Waals surface area contributed by atoms with E-state index < -0.39 is 0 Å². The van der Waals surface area contributed by atoms with Crippen molar-refractivity contribution in [2.24, 2.45) is 0 Å². The van der Waals surface area contributed by atoms with Crippen LogP contribution in [0.5, 0.6) is 5.75 Å². The van der Waals surface area contributed by atoms with Gasteiger partial charge in [0.1, 0.15) is 23.9 Å². The molecule has 5 rings (SSSR count). The molecule has 3 aromatic carbocycles. The predicted molar refractivity (Wildman–Crippen MR) is 99.3 cm³/mol. The molecule has 0 radical (unpaired) electrons. The van der Waals surface area contributed by atoms with Gasteiger partial charge in [-0.15, -0.1) is 0 Å². The minimum absolute atomic E-state index is 0.521. The summed E-state index contributed by atoms with van der Waals surface area (Å²) in [6, 6.07) is 28.7. The monoisotopic (exact) mass is 324 g/mol. The molecule has 120 valence electrons. The molecule has 2 nitrogen and oxygen atoms in total. The SMILES string of the molecule is c1ccc(-c2oc(-c3ccccc3)c3c2COc2ccccc2-3)cc1. The van der Waals surface area contributed by atoms with Crippen molar-refractivity contribution in [2.75, 3.05) is 0 Å². The first-order valence-electron chi connectivity index (χ1n) is 8.40. The summed E-state index contributed by atoms with van der Waals surface area (Å²) in [5.41, 5.74) is 5.51. The van der Waals surface area contributed by atoms with Gasteiger partial charge in [0, 0.05) is 27.8 Å². The molecule has 0 N–H and O–H groups in total. The van der Waals surface area contributed by atoms with Crippen molar-refractivity contribution in [2.45, 2.75) is 6.61 Å². The van der Waals surface area contributed by atoms with E-state index in [1.165, 1.54) is 0 Å². The van der Waals surface area contributed by atoms with Gasteiger partial charge < -0.3 is 9.15 Å². The maximum Gasteiger partial charge on any atom is 0.143 e. The van der Waals surface area contributed by atoms with Crippen LogP contribution in [0.25, 0.3) is 33.8 Å². The summed E-state index contributed by atoms with van der Waals surface area (Å²) in [4.78, 5) is 0. The molecule has 0 spiro atoms. The van der Waals surface area contributed by atoms with Gasteiger partial charge in [0.15, 0.2) is 0 Å². The van der Waals surface area contributed by atoms with E-state index in [0.717, 1.165) is 45.1 Å². The van der Waals surface area contributed by atoms with Crippen molar-refractivity contribution in [1.29, 1.82) is 0 Å². The van der Waals surface area contributed by atoms with Gasteiger partial charge in [0.25, 0.3) is 0 Å². The molecule has 0 aliphatic carbocycles. The lowest BCUT2D eigenvalue weighted by Crippen LogP contribution is -2.04. The Morgan fingerprint density at radius 2 is 1.20 bits per heavy atom. The summed E-state index contributed by atoms with van der Waals surface area (Å²) in [5.74, 6) is 2.71. The average Bonchev–Trinajstić information content (AvgIpc) is 3.09. The molecule has 1 aromatic heterocycles. The Kier molecular flexibility index (Phi) is 3.20. The Bertz CT molecular complexity index is 1030. The third kappa shape index (κ3) is 2.26. The highest BCUT2D eigenvalue weighted by molar-refractivity contribution is 5.90. The van der Waals surface area contributed by atoms with Crippen molar-refractivity contribution < 1.29 is 9.15 Å². The molecule has 0 fully saturated rings. The molecule has 1 aliphatic rings. The lowest BCUT2D eigenvalue weighted by atomic mass is 9.94. The summed E-state index contributed by atoms with van der Waals surface area (Å²) in [7, 11) is 0. The highest BCUT2D eigenvalue weighted by Gasteiger charge is 2.28. The first kappa shape index (κ1) is 14.1. The largest absolute Gasteiger partial charge is 0.488 e. The number of hydrogen-bond donors (Lipinski definition) is 0. The zero-order chi connectivity index (χ0) is 16.6. The summed E-state index contributed by atoms with van der Waals surface area (Å²) in [5, 5.41) is 0. The molecule has 0 unspecified atom stereocenters. The van der Waals surface area contributed by atoms with E-state index in [9.17, 15) is 0 Å². The highest BCUT2D eigenvalue weighted by atomic mass is 16.5. The van der Waals surface area contributed by atoms with Crippen molar-refractivity contribution in [3.05, 3.63) is 90.5 Å². The zero-order valence-corrected chi connectivity index (χ0v) is 13.6. The molecule has 0 atom stereocenters. The topological polar surface area (TPSA) is 22.4 Å². The van der Waals surface area contributed by atoms with Crippen LogP contribution in [0.1, 0.15) is 5.56 Å². The van der Waals surface area contributed by atoms with E-state index in [-0.39, 0.29) is 0 Å². The number of benzene rings is 3. The fraction of sp³-hybridized carbons (Fsp3) is 0.0435. The van der Waals surface area contributed by atoms with Crippen LogP contribution < -0.4 is 4.74 Å². The Morgan fingerprint density at radius 1 is 0.600 bits per heavy atom. The molecule has 0 bridgehead atoms. The van der Waals surface area contributed by atoms with Crippen LogP contribution in [-0.4, -0.2) is 0 Å². The number of furan rings is 1. The molecular weight excluding hydrogens is 308 g/mol. The smallest absolute Gasteiger partial charge is 0.143 e. The van der Waals surface area contributed by atoms with Crippen LogP contribution in [0.3, 0.4) is 0 Å². The summed E-state index contributed by atoms with van der Waals surface area (Å²) in [6.45, 7) is 0.521. The minimum Gasteiger partial charge on any atom is -0.488 e. The lowest BCUT2D eigenvalue weighted by molar-refractivity contribution is 0.302. The molecule has 2 heteroatoms. The molecule has 1 aliphatic heterocycles. The number of fused-ring (bicyclic) bond motifs is 3. The van der Waals surface area contributed by atoms with Crippen LogP contribution in [0.4, 0.5) is 0 Å². The summed E-state index contributed by atoms with van der Waals surface area (Å²) >= 11 is 0. The fourth-order valence-electron chi connectivity index (χ4n) is 3.45. The van der Waals surface area contributed by atoms with E-state index in [1.54, 1.807) is 0 Å². The molecule has 2 heterocycles. The maximum atomic E-state index is 6.42. The predicted octanol–water partition coefficient (Wildman–Crippen LogP) is 6.17. The van der Waals surface area contributed by atoms with Crippen LogP contribution >= 0.6 is 0 Å². The number of para-hydroxylation sites is 1. The quantitative estimate of drug-likeness (QED) is 0.440. The van der Waals surface area contributed by atoms with Crippen molar-refractivity contribution in [3.8, 4) is 39.5 Å². The van der Waals surface area contributed by atoms with Gasteiger partial charge in [-0.05, 0) is 6.07 Å². The molecule has 4 aromatic rings. The standard InChI is InChI=1S/C23H16O2/c1-3-9-16(10-4-1)22-19-15-24-20-14-8-7-13-18(20)21(19)23(25-22)17-11-5-2-6-12-17/h1-14H,15H2. The van der Waals surface area contributed by atoms with E-state index >= 15 is 0 Å². The second-order valence-corrected chi connectivity index (χ2v) is 6.13. The first-order valence-corrected chi connectivity index (χ1v) is 8.40. The summed E-state index contributed by atoms with van der Waals surface area (Å²) < 4.78 is 12.4. The summed E-state index contributed by atoms with van der Waals surface area (Å²) in [6.07, 6.45) is 0. The lowest BCUT2D eigenvalue weighted by Gasteiger charge is -2.18. The third-order valence-electron chi connectivity index (χ3n) is 4.61. The second kappa shape index (κ2) is 5.67. The second-order valence-electron chi connectivity index (χ2n) is 6.13. The number of hydrogen-bond acceptors (Lipinski definition) is 2. The Labute approximate surface area is 146 Å². The average molecular weight is 324 g/mol. The van der Waals surface area contributed by atoms with E-state index in [4.69, 9.17) is 9.15 Å². The van der Waals surface area contributed by atoms with Crippen LogP contribution in [0, 0.1) is 0 Å². The van der Waals surface area contributed by atoms with Crippen molar-refractivity contribution in [1.82, 2.24) is 0 Å². The Balaban J connectivity index is 1.82. The van der Waals surface area contributed by atoms with E-state index in [0.29, 0.717) is 6.61 Å². The Hall–Kier alpha value is -3.26. The molecule has 25 heavy (non-hydrogen) atoms. The number of ether oxygens (including phenoxy) is 1. The van der Waals surface area contributed by atoms with Crippen molar-refractivity contribution >= 4 is 0 Å². The highest BCUT2D eigenvalue weighted by Crippen LogP contribution is 2.48. The maximum absolute atomic E-state index is 6.42. The first-order chi connectivity index (χ1) is 12.4. The van der Waals surface area contributed by atoms with Crippen LogP contribution in [-0.2, 0) is 6.61 Å². The van der Waals surface area contributed by atoms with Crippen LogP contribution in [0.2, 0.25) is 0 Å². The van der Waals surface area contributed by atoms with Crippen molar-refractivity contribution in [3.63, 3.8) is 0 Å². The molecule has 0 amide bonds. The van der Waals surface area contributed by atoms with Gasteiger partial charge >= 0.3 is 0 Å². The van der Waals surface area contributed by atoms with Gasteiger partial charge in [-0.2, -0.15) is 0 Å². The van der Waals surface area contributed by atoms with Gasteiger partial charge in [0.2, 0.25) is 0 Å². The van der Waals surface area contributed by atoms with E-state index in [1.807, 2.05) is 54.6 Å².